The van der Waals surface area contributed by atoms with E-state index >= 15 is 0 Å². The van der Waals surface area contributed by atoms with Crippen LogP contribution in [0.5, 0.6) is 0 Å². The van der Waals surface area contributed by atoms with Crippen LogP contribution in [-0.2, 0) is 21.9 Å². The molecule has 0 spiro atoms. The molecule has 1 fully saturated rings. The van der Waals surface area contributed by atoms with Crippen molar-refractivity contribution in [3.8, 4) is 0 Å². The number of amides is 1. The predicted octanol–water partition coefficient (Wildman–Crippen LogP) is 3.57. The molecule has 1 aliphatic carbocycles. The fraction of sp³-hybridized carbons (Fsp3) is 0.440. The van der Waals surface area contributed by atoms with Crippen LogP contribution < -0.4 is 0 Å². The van der Waals surface area contributed by atoms with Gasteiger partial charge in [-0.3, -0.25) is 4.79 Å². The Labute approximate surface area is 194 Å². The summed E-state index contributed by atoms with van der Waals surface area (Å²) in [5, 5.41) is 0. The van der Waals surface area contributed by atoms with Crippen LogP contribution in [0.25, 0.3) is 11.0 Å². The second kappa shape index (κ2) is 7.14. The number of carbonyl (C=O) groups is 1. The number of aromatic amines is 1. The van der Waals surface area contributed by atoms with E-state index in [1.54, 1.807) is 26.5 Å². The van der Waals surface area contributed by atoms with Crippen LogP contribution in [-0.4, -0.2) is 60.2 Å². The Hall–Kier alpha value is -2.71. The molecule has 5 rings (SSSR count). The predicted molar refractivity (Wildman–Crippen MR) is 128 cm³/mol. The molecule has 8 heteroatoms. The Morgan fingerprint density at radius 2 is 1.91 bits per heavy atom. The number of sulfonamides is 1. The van der Waals surface area contributed by atoms with Gasteiger partial charge in [0, 0.05) is 37.7 Å². The molecule has 7 nitrogen and oxygen atoms in total. The lowest BCUT2D eigenvalue weighted by atomic mass is 9.51. The Morgan fingerprint density at radius 1 is 1.15 bits per heavy atom. The molecule has 2 atom stereocenters. The highest BCUT2D eigenvalue weighted by Gasteiger charge is 2.57. The second-order valence-electron chi connectivity index (χ2n) is 10.3. The van der Waals surface area contributed by atoms with Gasteiger partial charge in [0.2, 0.25) is 10.0 Å². The van der Waals surface area contributed by atoms with Crippen molar-refractivity contribution in [3.05, 3.63) is 59.4 Å². The summed E-state index contributed by atoms with van der Waals surface area (Å²) in [5.41, 5.74) is 4.10. The smallest absolute Gasteiger partial charge is 0.254 e. The van der Waals surface area contributed by atoms with Crippen molar-refractivity contribution in [3.63, 3.8) is 0 Å². The summed E-state index contributed by atoms with van der Waals surface area (Å²) in [6.45, 7) is 7.29. The van der Waals surface area contributed by atoms with E-state index < -0.39 is 10.0 Å². The van der Waals surface area contributed by atoms with E-state index in [1.165, 1.54) is 4.31 Å². The van der Waals surface area contributed by atoms with E-state index in [9.17, 15) is 13.2 Å². The van der Waals surface area contributed by atoms with Crippen molar-refractivity contribution in [2.75, 3.05) is 20.6 Å². The lowest BCUT2D eigenvalue weighted by Gasteiger charge is -2.60. The number of imidazole rings is 1. The van der Waals surface area contributed by atoms with Gasteiger partial charge in [0.05, 0.1) is 22.3 Å². The van der Waals surface area contributed by atoms with Gasteiger partial charge in [-0.25, -0.2) is 17.7 Å². The number of aromatic nitrogens is 2. The summed E-state index contributed by atoms with van der Waals surface area (Å²) in [6, 6.07) is 11.1. The summed E-state index contributed by atoms with van der Waals surface area (Å²) in [6.07, 6.45) is 3.11. The van der Waals surface area contributed by atoms with Crippen LogP contribution >= 0.6 is 0 Å². The molecule has 174 valence electrons. The molecule has 1 aliphatic heterocycles. The van der Waals surface area contributed by atoms with Gasteiger partial charge in [0.1, 0.15) is 0 Å². The molecule has 2 heterocycles. The van der Waals surface area contributed by atoms with Crippen LogP contribution in [0.3, 0.4) is 0 Å². The van der Waals surface area contributed by atoms with E-state index in [1.807, 2.05) is 35.2 Å². The van der Waals surface area contributed by atoms with Gasteiger partial charge < -0.3 is 9.88 Å². The Morgan fingerprint density at radius 3 is 2.64 bits per heavy atom. The fourth-order valence-electron chi connectivity index (χ4n) is 5.73. The Kier molecular flexibility index (Phi) is 4.78. The Bertz CT molecular complexity index is 1380. The third-order valence-corrected chi connectivity index (χ3v) is 10.1. The second-order valence-corrected chi connectivity index (χ2v) is 12.4. The number of hydrogen-bond acceptors (Lipinski definition) is 4. The minimum absolute atomic E-state index is 0.0185. The van der Waals surface area contributed by atoms with Gasteiger partial charge in [0.25, 0.3) is 5.91 Å². The van der Waals surface area contributed by atoms with Gasteiger partial charge in [-0.2, -0.15) is 0 Å². The molecule has 1 amide bonds. The summed E-state index contributed by atoms with van der Waals surface area (Å²) < 4.78 is 26.8. The average Bonchev–Trinajstić information content (AvgIpc) is 3.23. The zero-order valence-corrected chi connectivity index (χ0v) is 20.5. The van der Waals surface area contributed by atoms with Crippen LogP contribution in [0.1, 0.15) is 48.7 Å². The van der Waals surface area contributed by atoms with Gasteiger partial charge >= 0.3 is 0 Å². The molecule has 33 heavy (non-hydrogen) atoms. The largest absolute Gasteiger partial charge is 0.345 e. The number of rotatable bonds is 3. The van der Waals surface area contributed by atoms with Crippen LogP contribution in [0.15, 0.2) is 47.6 Å². The van der Waals surface area contributed by atoms with E-state index in [2.05, 4.69) is 30.7 Å². The summed E-state index contributed by atoms with van der Waals surface area (Å²) in [7, 11) is -0.401. The SMILES string of the molecule is CN(C)S(=O)(=O)c1ccc2c(c1)[C@]1(C)CCN(C(=O)c3ccc4nc[nH]c4c3)C(C2)C1(C)C. The Balaban J connectivity index is 1.56. The van der Waals surface area contributed by atoms with E-state index in [-0.39, 0.29) is 22.8 Å². The highest BCUT2D eigenvalue weighted by atomic mass is 32.2. The molecule has 1 N–H and O–H groups in total. The van der Waals surface area contributed by atoms with Crippen molar-refractivity contribution in [2.45, 2.75) is 50.0 Å². The number of piperidine rings is 1. The van der Waals surface area contributed by atoms with Crippen molar-refractivity contribution in [2.24, 2.45) is 5.41 Å². The highest BCUT2D eigenvalue weighted by Crippen LogP contribution is 2.56. The summed E-state index contributed by atoms with van der Waals surface area (Å²) in [4.78, 5) is 23.3. The number of carbonyl (C=O) groups excluding carboxylic acids is 1. The van der Waals surface area contributed by atoms with Gasteiger partial charge in [-0.05, 0) is 59.7 Å². The minimum atomic E-state index is -3.51. The normalized spacial score (nSPS) is 24.2. The van der Waals surface area contributed by atoms with E-state index in [0.717, 1.165) is 28.6 Å². The first-order valence-electron chi connectivity index (χ1n) is 11.3. The summed E-state index contributed by atoms with van der Waals surface area (Å²) in [5.74, 6) is 0.0295. The first-order chi connectivity index (χ1) is 15.5. The molecule has 2 bridgehead atoms. The maximum Gasteiger partial charge on any atom is 0.254 e. The summed E-state index contributed by atoms with van der Waals surface area (Å²) >= 11 is 0. The molecular weight excluding hydrogens is 436 g/mol. The third-order valence-electron chi connectivity index (χ3n) is 8.28. The average molecular weight is 467 g/mol. The van der Waals surface area contributed by atoms with Crippen molar-refractivity contribution >= 4 is 27.0 Å². The number of H-pyrrole nitrogens is 1. The first-order valence-corrected chi connectivity index (χ1v) is 12.7. The molecule has 2 aromatic carbocycles. The number of nitrogens with zero attached hydrogens (tertiary/aromatic N) is 3. The van der Waals surface area contributed by atoms with Gasteiger partial charge in [-0.1, -0.05) is 26.8 Å². The maximum absolute atomic E-state index is 13.6. The first kappa shape index (κ1) is 22.1. The van der Waals surface area contributed by atoms with Gasteiger partial charge in [0.15, 0.2) is 0 Å². The molecule has 3 aromatic rings. The number of nitrogens with one attached hydrogen (secondary N) is 1. The molecule has 1 aromatic heterocycles. The number of likely N-dealkylation sites (tertiary alicyclic amines) is 1. The zero-order chi connectivity index (χ0) is 23.8. The lowest BCUT2D eigenvalue weighted by Crippen LogP contribution is -2.64. The molecular formula is C25H30N4O3S. The minimum Gasteiger partial charge on any atom is -0.345 e. The third kappa shape index (κ3) is 3.07. The number of hydrogen-bond donors (Lipinski definition) is 1. The van der Waals surface area contributed by atoms with Crippen molar-refractivity contribution in [1.29, 1.82) is 0 Å². The molecule has 2 aliphatic rings. The maximum atomic E-state index is 13.6. The molecule has 0 saturated carbocycles. The molecule has 1 unspecified atom stereocenters. The molecule has 1 saturated heterocycles. The zero-order valence-electron chi connectivity index (χ0n) is 19.7. The van der Waals surface area contributed by atoms with Crippen molar-refractivity contribution in [1.82, 2.24) is 19.2 Å². The fourth-order valence-corrected chi connectivity index (χ4v) is 6.66. The number of benzene rings is 2. The standard InChI is InChI=1S/C25H30N4O3S/c1-24(2)22-13-16-6-8-18(33(31,32)28(4)5)14-19(16)25(24,3)10-11-29(22)23(30)17-7-9-20-21(12-17)27-15-26-20/h6-9,12,14-15,22H,10-11,13H2,1-5H3,(H,26,27)/t22?,25-/m0/s1. The van der Waals surface area contributed by atoms with E-state index in [4.69, 9.17) is 0 Å². The van der Waals surface area contributed by atoms with Crippen LogP contribution in [0, 0.1) is 5.41 Å². The molecule has 0 radical (unpaired) electrons. The topological polar surface area (TPSA) is 86.4 Å². The van der Waals surface area contributed by atoms with Crippen molar-refractivity contribution < 1.29 is 13.2 Å². The highest BCUT2D eigenvalue weighted by molar-refractivity contribution is 7.89. The number of fused-ring (bicyclic) bond motifs is 5. The van der Waals surface area contributed by atoms with Crippen LogP contribution in [0.4, 0.5) is 0 Å². The van der Waals surface area contributed by atoms with Crippen LogP contribution in [0.2, 0.25) is 0 Å². The quantitative estimate of drug-likeness (QED) is 0.639. The lowest BCUT2D eigenvalue weighted by molar-refractivity contribution is -0.0263. The van der Waals surface area contributed by atoms with Gasteiger partial charge in [-0.15, -0.1) is 0 Å². The van der Waals surface area contributed by atoms with E-state index in [0.29, 0.717) is 23.4 Å². The monoisotopic (exact) mass is 466 g/mol.